The van der Waals surface area contributed by atoms with Crippen LogP contribution in [0.4, 0.5) is 5.82 Å². The zero-order chi connectivity index (χ0) is 9.68. The molecule has 0 spiro atoms. The molecule has 1 unspecified atom stereocenters. The molecule has 0 aliphatic heterocycles. The molecule has 13 heavy (non-hydrogen) atoms. The average molecular weight is 174 g/mol. The van der Waals surface area contributed by atoms with Crippen LogP contribution in [0, 0.1) is 19.3 Å². The number of anilines is 1. The molecule has 0 radical (unpaired) electrons. The van der Waals surface area contributed by atoms with Crippen molar-refractivity contribution in [1.29, 1.82) is 0 Å². The summed E-state index contributed by atoms with van der Waals surface area (Å²) in [6.07, 6.45) is 6.24. The molecule has 0 aliphatic carbocycles. The van der Waals surface area contributed by atoms with Crippen molar-refractivity contribution >= 4 is 5.82 Å². The maximum absolute atomic E-state index is 5.33. The third-order valence-electron chi connectivity index (χ3n) is 1.82. The summed E-state index contributed by atoms with van der Waals surface area (Å²) in [6, 6.07) is 5.93. The molecule has 1 rings (SSSR count). The molecule has 0 bridgehead atoms. The van der Waals surface area contributed by atoms with Crippen LogP contribution in [0.5, 0.6) is 0 Å². The predicted octanol–water partition coefficient (Wildman–Crippen LogP) is 2.21. The van der Waals surface area contributed by atoms with Crippen molar-refractivity contribution < 1.29 is 0 Å². The highest BCUT2D eigenvalue weighted by Gasteiger charge is 2.01. The van der Waals surface area contributed by atoms with E-state index in [9.17, 15) is 0 Å². The summed E-state index contributed by atoms with van der Waals surface area (Å²) < 4.78 is 0. The van der Waals surface area contributed by atoms with E-state index in [2.05, 4.69) is 16.2 Å². The van der Waals surface area contributed by atoms with Gasteiger partial charge in [-0.2, -0.15) is 0 Å². The van der Waals surface area contributed by atoms with E-state index in [-0.39, 0.29) is 6.04 Å². The highest BCUT2D eigenvalue weighted by atomic mass is 15.0. The first-order valence-corrected chi connectivity index (χ1v) is 4.42. The predicted molar refractivity (Wildman–Crippen MR) is 55.5 cm³/mol. The summed E-state index contributed by atoms with van der Waals surface area (Å²) in [6.45, 7) is 4.01. The van der Waals surface area contributed by atoms with Crippen LogP contribution in [-0.4, -0.2) is 11.0 Å². The van der Waals surface area contributed by atoms with E-state index in [0.717, 1.165) is 17.9 Å². The van der Waals surface area contributed by atoms with Crippen LogP contribution in [0.25, 0.3) is 0 Å². The van der Waals surface area contributed by atoms with Gasteiger partial charge in [0.1, 0.15) is 5.82 Å². The van der Waals surface area contributed by atoms with Gasteiger partial charge in [0.2, 0.25) is 0 Å². The van der Waals surface area contributed by atoms with Gasteiger partial charge in [0.25, 0.3) is 0 Å². The number of terminal acetylenes is 1. The van der Waals surface area contributed by atoms with Gasteiger partial charge >= 0.3 is 0 Å². The fourth-order valence-corrected chi connectivity index (χ4v) is 1.06. The SMILES string of the molecule is C#CC(CC)Nc1cccc(C)n1. The van der Waals surface area contributed by atoms with Crippen molar-refractivity contribution in [2.45, 2.75) is 26.3 Å². The second-order valence-electron chi connectivity index (χ2n) is 2.94. The van der Waals surface area contributed by atoms with E-state index in [1.807, 2.05) is 32.0 Å². The molecule has 1 aromatic rings. The smallest absolute Gasteiger partial charge is 0.127 e. The molecule has 68 valence electrons. The number of aromatic nitrogens is 1. The highest BCUT2D eigenvalue weighted by Crippen LogP contribution is 2.06. The Morgan fingerprint density at radius 3 is 2.92 bits per heavy atom. The van der Waals surface area contributed by atoms with Gasteiger partial charge in [-0.25, -0.2) is 4.98 Å². The largest absolute Gasteiger partial charge is 0.356 e. The lowest BCUT2D eigenvalue weighted by molar-refractivity contribution is 0.849. The van der Waals surface area contributed by atoms with Gasteiger partial charge < -0.3 is 5.32 Å². The number of nitrogens with one attached hydrogen (secondary N) is 1. The first-order valence-electron chi connectivity index (χ1n) is 4.42. The van der Waals surface area contributed by atoms with Crippen molar-refractivity contribution in [3.63, 3.8) is 0 Å². The van der Waals surface area contributed by atoms with Gasteiger partial charge in [-0.15, -0.1) is 6.42 Å². The van der Waals surface area contributed by atoms with Gasteiger partial charge in [0, 0.05) is 5.69 Å². The van der Waals surface area contributed by atoms with Crippen LogP contribution < -0.4 is 5.32 Å². The number of rotatable bonds is 3. The van der Waals surface area contributed by atoms with Crippen molar-refractivity contribution in [1.82, 2.24) is 4.98 Å². The topological polar surface area (TPSA) is 24.9 Å². The average Bonchev–Trinajstić information content (AvgIpc) is 2.14. The first-order chi connectivity index (χ1) is 6.26. The summed E-state index contributed by atoms with van der Waals surface area (Å²) in [5.74, 6) is 3.52. The Balaban J connectivity index is 2.69. The third kappa shape index (κ3) is 2.79. The van der Waals surface area contributed by atoms with Crippen molar-refractivity contribution in [3.05, 3.63) is 23.9 Å². The van der Waals surface area contributed by atoms with Crippen LogP contribution >= 0.6 is 0 Å². The molecule has 1 N–H and O–H groups in total. The Morgan fingerprint density at radius 2 is 2.38 bits per heavy atom. The van der Waals surface area contributed by atoms with Crippen LogP contribution in [0.2, 0.25) is 0 Å². The van der Waals surface area contributed by atoms with E-state index in [1.54, 1.807) is 0 Å². The second kappa shape index (κ2) is 4.51. The molecule has 0 aliphatic rings. The number of hydrogen-bond acceptors (Lipinski definition) is 2. The molecular weight excluding hydrogens is 160 g/mol. The Kier molecular flexibility index (Phi) is 3.33. The van der Waals surface area contributed by atoms with E-state index < -0.39 is 0 Å². The van der Waals surface area contributed by atoms with Crippen molar-refractivity contribution in [2.24, 2.45) is 0 Å². The highest BCUT2D eigenvalue weighted by molar-refractivity contribution is 5.38. The molecule has 1 aromatic heterocycles. The molecule has 0 saturated heterocycles. The van der Waals surface area contributed by atoms with E-state index in [1.165, 1.54) is 0 Å². The number of pyridine rings is 1. The summed E-state index contributed by atoms with van der Waals surface area (Å²) >= 11 is 0. The summed E-state index contributed by atoms with van der Waals surface area (Å²) in [7, 11) is 0. The normalized spacial score (nSPS) is 11.8. The summed E-state index contributed by atoms with van der Waals surface area (Å²) in [5, 5.41) is 3.17. The fourth-order valence-electron chi connectivity index (χ4n) is 1.06. The minimum atomic E-state index is 0.0781. The molecule has 0 amide bonds. The quantitative estimate of drug-likeness (QED) is 0.711. The van der Waals surface area contributed by atoms with Crippen LogP contribution in [-0.2, 0) is 0 Å². The van der Waals surface area contributed by atoms with E-state index >= 15 is 0 Å². The zero-order valence-electron chi connectivity index (χ0n) is 8.04. The van der Waals surface area contributed by atoms with Crippen LogP contribution in [0.3, 0.4) is 0 Å². The van der Waals surface area contributed by atoms with Crippen LogP contribution in [0.1, 0.15) is 19.0 Å². The molecule has 0 saturated carbocycles. The van der Waals surface area contributed by atoms with Gasteiger partial charge in [0.05, 0.1) is 6.04 Å². The molecular formula is C11H14N2. The maximum atomic E-state index is 5.33. The molecule has 2 heteroatoms. The number of nitrogens with zero attached hydrogens (tertiary/aromatic N) is 1. The second-order valence-corrected chi connectivity index (χ2v) is 2.94. The maximum Gasteiger partial charge on any atom is 0.127 e. The monoisotopic (exact) mass is 174 g/mol. The summed E-state index contributed by atoms with van der Waals surface area (Å²) in [5.41, 5.74) is 0.997. The van der Waals surface area contributed by atoms with E-state index in [0.29, 0.717) is 0 Å². The lowest BCUT2D eigenvalue weighted by atomic mass is 10.2. The number of hydrogen-bond donors (Lipinski definition) is 1. The van der Waals surface area contributed by atoms with Gasteiger partial charge in [0.15, 0.2) is 0 Å². The molecule has 0 aromatic carbocycles. The van der Waals surface area contributed by atoms with E-state index in [4.69, 9.17) is 6.42 Å². The molecule has 0 fully saturated rings. The van der Waals surface area contributed by atoms with Crippen molar-refractivity contribution in [3.8, 4) is 12.3 Å². The summed E-state index contributed by atoms with van der Waals surface area (Å²) in [4.78, 5) is 4.30. The number of aryl methyl sites for hydroxylation is 1. The Bertz CT molecular complexity index is 312. The van der Waals surface area contributed by atoms with Crippen LogP contribution in [0.15, 0.2) is 18.2 Å². The lowest BCUT2D eigenvalue weighted by Crippen LogP contribution is -2.16. The van der Waals surface area contributed by atoms with Gasteiger partial charge in [-0.3, -0.25) is 0 Å². The Hall–Kier alpha value is -1.49. The zero-order valence-corrected chi connectivity index (χ0v) is 8.04. The molecule has 1 atom stereocenters. The Labute approximate surface area is 79.4 Å². The fraction of sp³-hybridized carbons (Fsp3) is 0.364. The standard InChI is InChI=1S/C11H14N2/c1-4-10(5-2)13-11-8-6-7-9(3)12-11/h1,6-8,10H,5H2,2-3H3,(H,12,13). The third-order valence-corrected chi connectivity index (χ3v) is 1.82. The Morgan fingerprint density at radius 1 is 1.62 bits per heavy atom. The minimum absolute atomic E-state index is 0.0781. The lowest BCUT2D eigenvalue weighted by Gasteiger charge is -2.11. The minimum Gasteiger partial charge on any atom is -0.356 e. The molecule has 1 heterocycles. The van der Waals surface area contributed by atoms with Crippen molar-refractivity contribution in [2.75, 3.05) is 5.32 Å². The van der Waals surface area contributed by atoms with Gasteiger partial charge in [-0.1, -0.05) is 18.9 Å². The van der Waals surface area contributed by atoms with Gasteiger partial charge in [-0.05, 0) is 25.5 Å². The first kappa shape index (κ1) is 9.60. The molecule has 2 nitrogen and oxygen atoms in total.